The van der Waals surface area contributed by atoms with Crippen molar-refractivity contribution in [1.29, 1.82) is 0 Å². The van der Waals surface area contributed by atoms with Crippen LogP contribution in [0.3, 0.4) is 0 Å². The fourth-order valence-corrected chi connectivity index (χ4v) is 3.15. The Balaban J connectivity index is 1.37. The molecule has 142 valence electrons. The first-order valence-electron chi connectivity index (χ1n) is 9.16. The number of amides is 1. The summed E-state index contributed by atoms with van der Waals surface area (Å²) >= 11 is 5.93. The van der Waals surface area contributed by atoms with Gasteiger partial charge in [0.05, 0.1) is 12.8 Å². The molecule has 6 heteroatoms. The second-order valence-electron chi connectivity index (χ2n) is 6.88. The molecule has 0 bridgehead atoms. The third-order valence-electron chi connectivity index (χ3n) is 4.63. The van der Waals surface area contributed by atoms with Crippen molar-refractivity contribution < 1.29 is 4.79 Å². The normalized spacial score (nSPS) is 15.9. The highest BCUT2D eigenvalue weighted by atomic mass is 35.5. The Hall–Kier alpha value is -2.21. The molecule has 5 nitrogen and oxygen atoms in total. The van der Waals surface area contributed by atoms with Crippen molar-refractivity contribution in [3.8, 4) is 0 Å². The molecule has 0 radical (unpaired) electrons. The largest absolute Gasteiger partial charge is 0.297 e. The number of rotatable bonds is 6. The van der Waals surface area contributed by atoms with Crippen LogP contribution in [0.2, 0.25) is 5.02 Å². The predicted molar refractivity (Wildman–Crippen MR) is 110 cm³/mol. The summed E-state index contributed by atoms with van der Waals surface area (Å²) in [5, 5.41) is 4.81. The summed E-state index contributed by atoms with van der Waals surface area (Å²) in [6.07, 6.45) is 1.67. The Labute approximate surface area is 165 Å². The lowest BCUT2D eigenvalue weighted by Crippen LogP contribution is -2.48. The van der Waals surface area contributed by atoms with Crippen molar-refractivity contribution in [1.82, 2.24) is 15.2 Å². The van der Waals surface area contributed by atoms with Crippen LogP contribution in [0.25, 0.3) is 0 Å². The molecule has 2 aromatic carbocycles. The molecule has 3 rings (SSSR count). The average Bonchev–Trinajstić information content (AvgIpc) is 2.67. The Morgan fingerprint density at radius 3 is 2.33 bits per heavy atom. The number of carbonyl (C=O) groups is 1. The molecule has 0 unspecified atom stereocenters. The molecule has 1 aliphatic rings. The summed E-state index contributed by atoms with van der Waals surface area (Å²) in [7, 11) is 0. The second-order valence-corrected chi connectivity index (χ2v) is 7.32. The molecule has 1 amide bonds. The number of hydrazone groups is 1. The van der Waals surface area contributed by atoms with E-state index >= 15 is 0 Å². The van der Waals surface area contributed by atoms with E-state index in [1.54, 1.807) is 6.21 Å². The van der Waals surface area contributed by atoms with Crippen LogP contribution >= 0.6 is 11.6 Å². The van der Waals surface area contributed by atoms with Crippen LogP contribution in [0.4, 0.5) is 0 Å². The van der Waals surface area contributed by atoms with E-state index < -0.39 is 0 Å². The molecule has 27 heavy (non-hydrogen) atoms. The topological polar surface area (TPSA) is 47.9 Å². The second kappa shape index (κ2) is 9.65. The minimum Gasteiger partial charge on any atom is -0.297 e. The predicted octanol–water partition coefficient (Wildman–Crippen LogP) is 2.92. The number of hydrogen-bond donors (Lipinski definition) is 1. The van der Waals surface area contributed by atoms with Crippen molar-refractivity contribution in [2.24, 2.45) is 5.10 Å². The first-order chi connectivity index (χ1) is 13.1. The lowest BCUT2D eigenvalue weighted by Gasteiger charge is -2.34. The Bertz CT molecular complexity index is 766. The molecule has 0 atom stereocenters. The van der Waals surface area contributed by atoms with Gasteiger partial charge in [-0.3, -0.25) is 14.6 Å². The van der Waals surface area contributed by atoms with Crippen molar-refractivity contribution >= 4 is 23.7 Å². The van der Waals surface area contributed by atoms with Crippen molar-refractivity contribution in [3.63, 3.8) is 0 Å². The van der Waals surface area contributed by atoms with E-state index in [9.17, 15) is 4.79 Å². The highest BCUT2D eigenvalue weighted by molar-refractivity contribution is 6.30. The lowest BCUT2D eigenvalue weighted by atomic mass is 10.2. The van der Waals surface area contributed by atoms with Crippen molar-refractivity contribution in [3.05, 3.63) is 70.2 Å². The molecule has 1 aliphatic heterocycles. The number of aryl methyl sites for hydroxylation is 1. The van der Waals surface area contributed by atoms with Gasteiger partial charge in [0.25, 0.3) is 5.91 Å². The van der Waals surface area contributed by atoms with E-state index in [0.717, 1.165) is 43.3 Å². The van der Waals surface area contributed by atoms with Gasteiger partial charge >= 0.3 is 0 Å². The number of hydrogen-bond acceptors (Lipinski definition) is 4. The van der Waals surface area contributed by atoms with Gasteiger partial charge in [0.2, 0.25) is 0 Å². The molecule has 0 aromatic heterocycles. The van der Waals surface area contributed by atoms with Crippen molar-refractivity contribution in [2.75, 3.05) is 32.7 Å². The van der Waals surface area contributed by atoms with Crippen LogP contribution in [-0.4, -0.2) is 54.6 Å². The molecule has 1 fully saturated rings. The van der Waals surface area contributed by atoms with Gasteiger partial charge in [-0.05, 0) is 30.2 Å². The smallest absolute Gasteiger partial charge is 0.254 e. The van der Waals surface area contributed by atoms with Gasteiger partial charge in [-0.1, -0.05) is 53.6 Å². The van der Waals surface area contributed by atoms with E-state index in [-0.39, 0.29) is 5.91 Å². The molecule has 1 N–H and O–H groups in total. The molecule has 0 spiro atoms. The molecular weight excluding hydrogens is 360 g/mol. The summed E-state index contributed by atoms with van der Waals surface area (Å²) in [6, 6.07) is 16.0. The number of benzene rings is 2. The summed E-state index contributed by atoms with van der Waals surface area (Å²) in [6.45, 7) is 6.98. The van der Waals surface area contributed by atoms with Crippen LogP contribution in [0.15, 0.2) is 53.6 Å². The first kappa shape index (κ1) is 19.5. The van der Waals surface area contributed by atoms with Gasteiger partial charge in [-0.25, -0.2) is 5.43 Å². The summed E-state index contributed by atoms with van der Waals surface area (Å²) in [5.74, 6) is -0.0792. The van der Waals surface area contributed by atoms with Crippen LogP contribution in [0.5, 0.6) is 0 Å². The molecule has 1 saturated heterocycles. The van der Waals surface area contributed by atoms with E-state index in [2.05, 4.69) is 32.5 Å². The van der Waals surface area contributed by atoms with Gasteiger partial charge in [0, 0.05) is 37.7 Å². The zero-order valence-electron chi connectivity index (χ0n) is 15.6. The Morgan fingerprint density at radius 1 is 1.04 bits per heavy atom. The number of nitrogens with one attached hydrogen (secondary N) is 1. The zero-order valence-corrected chi connectivity index (χ0v) is 16.3. The zero-order chi connectivity index (χ0) is 19.1. The number of nitrogens with zero attached hydrogens (tertiary/aromatic N) is 3. The minimum absolute atomic E-state index is 0.0792. The third-order valence-corrected chi connectivity index (χ3v) is 4.88. The Kier molecular flexibility index (Phi) is 6.98. The van der Waals surface area contributed by atoms with Gasteiger partial charge in [0.1, 0.15) is 0 Å². The Morgan fingerprint density at radius 2 is 1.67 bits per heavy atom. The lowest BCUT2D eigenvalue weighted by molar-refractivity contribution is -0.122. The molecule has 2 aromatic rings. The van der Waals surface area contributed by atoms with Gasteiger partial charge in [-0.15, -0.1) is 0 Å². The number of halogens is 1. The van der Waals surface area contributed by atoms with E-state index in [4.69, 9.17) is 11.6 Å². The maximum atomic E-state index is 12.1. The third kappa shape index (κ3) is 6.47. The standard InChI is InChI=1S/C21H25ClN4O/c1-17-2-4-18(5-3-17)14-23-24-21(27)16-26-12-10-25(11-13-26)15-19-6-8-20(22)9-7-19/h2-9,14H,10-13,15-16H2,1H3,(H,24,27)/b23-14-. The van der Waals surface area contributed by atoms with E-state index in [1.807, 2.05) is 43.3 Å². The highest BCUT2D eigenvalue weighted by Gasteiger charge is 2.18. The molecule has 1 heterocycles. The van der Waals surface area contributed by atoms with Crippen LogP contribution in [0.1, 0.15) is 16.7 Å². The summed E-state index contributed by atoms with van der Waals surface area (Å²) < 4.78 is 0. The highest BCUT2D eigenvalue weighted by Crippen LogP contribution is 2.12. The fraction of sp³-hybridized carbons (Fsp3) is 0.333. The maximum Gasteiger partial charge on any atom is 0.254 e. The van der Waals surface area contributed by atoms with Crippen LogP contribution in [-0.2, 0) is 11.3 Å². The summed E-state index contributed by atoms with van der Waals surface area (Å²) in [5.41, 5.74) is 6.04. The monoisotopic (exact) mass is 384 g/mol. The SMILES string of the molecule is Cc1ccc(/C=N\NC(=O)CN2CCN(Cc3ccc(Cl)cc3)CC2)cc1. The van der Waals surface area contributed by atoms with Gasteiger partial charge < -0.3 is 0 Å². The fourth-order valence-electron chi connectivity index (χ4n) is 3.02. The molecule has 0 aliphatic carbocycles. The van der Waals surface area contributed by atoms with Crippen LogP contribution < -0.4 is 5.43 Å². The average molecular weight is 385 g/mol. The number of piperazine rings is 1. The quantitative estimate of drug-likeness (QED) is 0.615. The van der Waals surface area contributed by atoms with Gasteiger partial charge in [-0.2, -0.15) is 5.10 Å². The van der Waals surface area contributed by atoms with Crippen LogP contribution in [0, 0.1) is 6.92 Å². The van der Waals surface area contributed by atoms with Crippen molar-refractivity contribution in [2.45, 2.75) is 13.5 Å². The molecule has 0 saturated carbocycles. The van der Waals surface area contributed by atoms with E-state index in [1.165, 1.54) is 11.1 Å². The summed E-state index contributed by atoms with van der Waals surface area (Å²) in [4.78, 5) is 16.6. The van der Waals surface area contributed by atoms with E-state index in [0.29, 0.717) is 6.54 Å². The first-order valence-corrected chi connectivity index (χ1v) is 9.54. The minimum atomic E-state index is -0.0792. The molecular formula is C21H25ClN4O. The maximum absolute atomic E-state index is 12.1. The number of carbonyl (C=O) groups excluding carboxylic acids is 1. The van der Waals surface area contributed by atoms with Gasteiger partial charge in [0.15, 0.2) is 0 Å².